The molecule has 0 radical (unpaired) electrons. The molecular weight excluding hydrogens is 268 g/mol. The first-order valence-electron chi connectivity index (χ1n) is 7.24. The van der Waals surface area contributed by atoms with Crippen LogP contribution < -0.4 is 0 Å². The van der Waals surface area contributed by atoms with Gasteiger partial charge in [-0.05, 0) is 41.9 Å². The lowest BCUT2D eigenvalue weighted by Crippen LogP contribution is -2.34. The summed E-state index contributed by atoms with van der Waals surface area (Å²) in [5.74, 6) is -0.155. The SMILES string of the molecule is C=C(C(=O)OC)C1C[C@H]2CC[C@@]1(C)C2(C)C.C=CC(=O)O. The molecule has 0 aromatic rings. The highest BCUT2D eigenvalue weighted by atomic mass is 16.5. The quantitative estimate of drug-likeness (QED) is 0.640. The minimum absolute atomic E-state index is 0.225. The summed E-state index contributed by atoms with van der Waals surface area (Å²) in [5, 5.41) is 7.60. The third-order valence-corrected chi connectivity index (χ3v) is 5.84. The molecule has 3 atom stereocenters. The molecule has 0 aromatic carbocycles. The Labute approximate surface area is 126 Å². The van der Waals surface area contributed by atoms with Crippen LogP contribution in [0.4, 0.5) is 0 Å². The van der Waals surface area contributed by atoms with Crippen molar-refractivity contribution in [2.45, 2.75) is 40.0 Å². The van der Waals surface area contributed by atoms with Crippen molar-refractivity contribution >= 4 is 11.9 Å². The summed E-state index contributed by atoms with van der Waals surface area (Å²) < 4.78 is 4.81. The van der Waals surface area contributed by atoms with E-state index >= 15 is 0 Å². The lowest BCUT2D eigenvalue weighted by atomic mass is 9.65. The summed E-state index contributed by atoms with van der Waals surface area (Å²) in [6, 6.07) is 0. The summed E-state index contributed by atoms with van der Waals surface area (Å²) in [7, 11) is 1.44. The summed E-state index contributed by atoms with van der Waals surface area (Å²) in [6.07, 6.45) is 4.46. The van der Waals surface area contributed by atoms with Gasteiger partial charge in [0.1, 0.15) is 0 Å². The molecule has 118 valence electrons. The summed E-state index contributed by atoms with van der Waals surface area (Å²) in [4.78, 5) is 20.9. The fourth-order valence-corrected chi connectivity index (χ4v) is 4.00. The molecule has 2 rings (SSSR count). The van der Waals surface area contributed by atoms with Gasteiger partial charge >= 0.3 is 11.9 Å². The molecule has 2 bridgehead atoms. The monoisotopic (exact) mass is 294 g/mol. The molecular formula is C17H26O4. The number of ether oxygens (including phenoxy) is 1. The number of carboxylic acids is 1. The zero-order chi connectivity index (χ0) is 16.4. The Morgan fingerprint density at radius 2 is 1.86 bits per heavy atom. The van der Waals surface area contributed by atoms with Gasteiger partial charge in [0.25, 0.3) is 0 Å². The van der Waals surface area contributed by atoms with Crippen molar-refractivity contribution in [1.82, 2.24) is 0 Å². The van der Waals surface area contributed by atoms with Crippen molar-refractivity contribution in [3.8, 4) is 0 Å². The zero-order valence-corrected chi connectivity index (χ0v) is 13.4. The van der Waals surface area contributed by atoms with Gasteiger partial charge in [0.2, 0.25) is 0 Å². The number of hydrogen-bond donors (Lipinski definition) is 1. The van der Waals surface area contributed by atoms with Crippen LogP contribution in [0.1, 0.15) is 40.0 Å². The topological polar surface area (TPSA) is 63.6 Å². The molecule has 1 unspecified atom stereocenters. The van der Waals surface area contributed by atoms with E-state index in [9.17, 15) is 9.59 Å². The molecule has 0 saturated heterocycles. The van der Waals surface area contributed by atoms with Crippen molar-refractivity contribution in [3.05, 3.63) is 24.8 Å². The number of carbonyl (C=O) groups excluding carboxylic acids is 1. The molecule has 2 fully saturated rings. The number of rotatable bonds is 3. The minimum atomic E-state index is -0.981. The number of methoxy groups -OCH3 is 1. The number of carboxylic acid groups (broad SMARTS) is 1. The lowest BCUT2D eigenvalue weighted by Gasteiger charge is -2.39. The van der Waals surface area contributed by atoms with E-state index in [2.05, 4.69) is 33.9 Å². The molecule has 0 spiro atoms. The predicted molar refractivity (Wildman–Crippen MR) is 81.7 cm³/mol. The second kappa shape index (κ2) is 6.04. The van der Waals surface area contributed by atoms with Crippen LogP contribution in [0, 0.1) is 22.7 Å². The van der Waals surface area contributed by atoms with Gasteiger partial charge in [0.05, 0.1) is 7.11 Å². The van der Waals surface area contributed by atoms with Crippen LogP contribution in [-0.4, -0.2) is 24.2 Å². The molecule has 2 aliphatic rings. The van der Waals surface area contributed by atoms with Crippen LogP contribution in [-0.2, 0) is 14.3 Å². The van der Waals surface area contributed by atoms with Gasteiger partial charge in [0, 0.05) is 11.6 Å². The maximum atomic E-state index is 11.6. The number of hydrogen-bond acceptors (Lipinski definition) is 3. The zero-order valence-electron chi connectivity index (χ0n) is 13.4. The van der Waals surface area contributed by atoms with Crippen molar-refractivity contribution in [1.29, 1.82) is 0 Å². The Bertz CT molecular complexity index is 463. The highest BCUT2D eigenvalue weighted by molar-refractivity contribution is 5.88. The van der Waals surface area contributed by atoms with Gasteiger partial charge in [-0.15, -0.1) is 0 Å². The van der Waals surface area contributed by atoms with E-state index in [0.29, 0.717) is 16.9 Å². The first-order valence-corrected chi connectivity index (χ1v) is 7.24. The highest BCUT2D eigenvalue weighted by Gasteiger charge is 2.62. The number of fused-ring (bicyclic) bond motifs is 2. The van der Waals surface area contributed by atoms with E-state index in [1.54, 1.807) is 0 Å². The third kappa shape index (κ3) is 2.89. The van der Waals surface area contributed by atoms with Gasteiger partial charge in [-0.25, -0.2) is 9.59 Å². The van der Waals surface area contributed by atoms with Crippen molar-refractivity contribution in [2.24, 2.45) is 22.7 Å². The second-order valence-electron chi connectivity index (χ2n) is 6.72. The molecule has 4 heteroatoms. The predicted octanol–water partition coefficient (Wildman–Crippen LogP) is 3.44. The van der Waals surface area contributed by atoms with Crippen LogP contribution in [0.3, 0.4) is 0 Å². The lowest BCUT2D eigenvalue weighted by molar-refractivity contribution is -0.137. The Kier molecular flexibility index (Phi) is 5.03. The average molecular weight is 294 g/mol. The first-order chi connectivity index (χ1) is 9.61. The van der Waals surface area contributed by atoms with Gasteiger partial charge in [-0.3, -0.25) is 0 Å². The third-order valence-electron chi connectivity index (χ3n) is 5.84. The minimum Gasteiger partial charge on any atom is -0.478 e. The van der Waals surface area contributed by atoms with Crippen LogP contribution in [0.2, 0.25) is 0 Å². The second-order valence-corrected chi connectivity index (χ2v) is 6.72. The Morgan fingerprint density at radius 1 is 1.33 bits per heavy atom. The Morgan fingerprint density at radius 3 is 2.14 bits per heavy atom. The standard InChI is InChI=1S/C14H22O2.C3H4O2/c1-9(12(15)16-5)11-8-10-6-7-14(11,4)13(10,2)3;1-2-3(4)5/h10-11H,1,6-8H2,2-5H3;2H,1H2,(H,4,5)/t10-,11?,14-;/m1./s1. The Balaban J connectivity index is 0.000000383. The van der Waals surface area contributed by atoms with Crippen molar-refractivity contribution < 1.29 is 19.4 Å². The molecule has 0 heterocycles. The summed E-state index contributed by atoms with van der Waals surface area (Å²) in [5.41, 5.74) is 1.23. The molecule has 0 amide bonds. The van der Waals surface area contributed by atoms with Crippen LogP contribution in [0.5, 0.6) is 0 Å². The fourth-order valence-electron chi connectivity index (χ4n) is 4.00. The smallest absolute Gasteiger partial charge is 0.333 e. The molecule has 1 N–H and O–H groups in total. The van der Waals surface area contributed by atoms with Gasteiger partial charge < -0.3 is 9.84 Å². The summed E-state index contributed by atoms with van der Waals surface area (Å²) >= 11 is 0. The molecule has 0 aromatic heterocycles. The van der Waals surface area contributed by atoms with Crippen LogP contribution in [0.15, 0.2) is 24.8 Å². The maximum absolute atomic E-state index is 11.6. The largest absolute Gasteiger partial charge is 0.478 e. The number of carbonyl (C=O) groups is 2. The fraction of sp³-hybridized carbons (Fsp3) is 0.647. The average Bonchev–Trinajstić information content (AvgIpc) is 2.78. The van der Waals surface area contributed by atoms with Crippen LogP contribution >= 0.6 is 0 Å². The van der Waals surface area contributed by atoms with E-state index in [1.165, 1.54) is 20.0 Å². The van der Waals surface area contributed by atoms with E-state index in [-0.39, 0.29) is 11.4 Å². The molecule has 0 aliphatic heterocycles. The van der Waals surface area contributed by atoms with E-state index in [0.717, 1.165) is 18.4 Å². The Hall–Kier alpha value is -1.58. The highest BCUT2D eigenvalue weighted by Crippen LogP contribution is 2.69. The summed E-state index contributed by atoms with van der Waals surface area (Å²) in [6.45, 7) is 13.9. The van der Waals surface area contributed by atoms with Crippen molar-refractivity contribution in [3.63, 3.8) is 0 Å². The maximum Gasteiger partial charge on any atom is 0.333 e. The van der Waals surface area contributed by atoms with E-state index < -0.39 is 5.97 Å². The normalized spacial score (nSPS) is 31.8. The van der Waals surface area contributed by atoms with Crippen molar-refractivity contribution in [2.75, 3.05) is 7.11 Å². The number of esters is 1. The van der Waals surface area contributed by atoms with E-state index in [4.69, 9.17) is 9.84 Å². The number of aliphatic carboxylic acids is 1. The van der Waals surface area contributed by atoms with Gasteiger partial charge in [-0.2, -0.15) is 0 Å². The molecule has 4 nitrogen and oxygen atoms in total. The van der Waals surface area contributed by atoms with E-state index in [1.807, 2.05) is 0 Å². The molecule has 2 saturated carbocycles. The van der Waals surface area contributed by atoms with Gasteiger partial charge in [0.15, 0.2) is 0 Å². The molecule has 21 heavy (non-hydrogen) atoms. The first kappa shape index (κ1) is 17.5. The van der Waals surface area contributed by atoms with Crippen LogP contribution in [0.25, 0.3) is 0 Å². The van der Waals surface area contributed by atoms with Gasteiger partial charge in [-0.1, -0.05) is 33.9 Å². The molecule has 2 aliphatic carbocycles.